The van der Waals surface area contributed by atoms with Crippen molar-refractivity contribution in [3.63, 3.8) is 0 Å². The van der Waals surface area contributed by atoms with Crippen molar-refractivity contribution in [2.45, 2.75) is 0 Å². The summed E-state index contributed by atoms with van der Waals surface area (Å²) in [5.41, 5.74) is 1.03. The Labute approximate surface area is 115 Å². The average molecular weight is 357 g/mol. The van der Waals surface area contributed by atoms with Crippen LogP contribution in [-0.2, 0) is 0 Å². The molecular formula is C12H6F2IN3. The molecule has 0 saturated heterocycles. The molecule has 3 nitrogen and oxygen atoms in total. The zero-order valence-corrected chi connectivity index (χ0v) is 11.1. The van der Waals surface area contributed by atoms with Gasteiger partial charge in [0.05, 0.1) is 11.1 Å². The van der Waals surface area contributed by atoms with Gasteiger partial charge in [-0.15, -0.1) is 0 Å². The van der Waals surface area contributed by atoms with E-state index in [2.05, 4.69) is 32.6 Å². The summed E-state index contributed by atoms with van der Waals surface area (Å²) in [6.45, 7) is 0. The van der Waals surface area contributed by atoms with E-state index in [1.807, 2.05) is 0 Å². The first-order valence-electron chi connectivity index (χ1n) is 5.08. The highest BCUT2D eigenvalue weighted by Crippen LogP contribution is 2.24. The van der Waals surface area contributed by atoms with E-state index >= 15 is 0 Å². The summed E-state index contributed by atoms with van der Waals surface area (Å²) in [4.78, 5) is 8.08. The van der Waals surface area contributed by atoms with E-state index in [-0.39, 0.29) is 0 Å². The van der Waals surface area contributed by atoms with E-state index < -0.39 is 11.6 Å². The lowest BCUT2D eigenvalue weighted by Crippen LogP contribution is -1.96. The van der Waals surface area contributed by atoms with E-state index in [9.17, 15) is 8.78 Å². The molecule has 2 aromatic heterocycles. The van der Waals surface area contributed by atoms with Crippen molar-refractivity contribution in [3.05, 3.63) is 52.1 Å². The summed E-state index contributed by atoms with van der Waals surface area (Å²) in [5.74, 6) is -1.23. The normalized spacial score (nSPS) is 11.1. The zero-order chi connectivity index (χ0) is 12.7. The molecular weight excluding hydrogens is 351 g/mol. The van der Waals surface area contributed by atoms with E-state index in [1.54, 1.807) is 17.0 Å². The van der Waals surface area contributed by atoms with Gasteiger partial charge >= 0.3 is 0 Å². The van der Waals surface area contributed by atoms with Crippen LogP contribution in [0.25, 0.3) is 16.7 Å². The van der Waals surface area contributed by atoms with Gasteiger partial charge in [-0.3, -0.25) is 4.57 Å². The first-order valence-corrected chi connectivity index (χ1v) is 6.16. The van der Waals surface area contributed by atoms with Crippen molar-refractivity contribution in [3.8, 4) is 5.69 Å². The quantitative estimate of drug-likeness (QED) is 0.626. The van der Waals surface area contributed by atoms with Crippen molar-refractivity contribution in [2.24, 2.45) is 0 Å². The summed E-state index contributed by atoms with van der Waals surface area (Å²) >= 11 is 2.13. The molecule has 0 aliphatic heterocycles. The number of rotatable bonds is 1. The third-order valence-electron chi connectivity index (χ3n) is 2.54. The molecule has 2 heterocycles. The van der Waals surface area contributed by atoms with Crippen LogP contribution in [0.2, 0.25) is 0 Å². The van der Waals surface area contributed by atoms with E-state index in [0.717, 1.165) is 15.0 Å². The number of aromatic nitrogens is 3. The molecule has 0 fully saturated rings. The molecule has 0 aliphatic rings. The molecule has 0 N–H and O–H groups in total. The van der Waals surface area contributed by atoms with E-state index in [0.29, 0.717) is 11.3 Å². The lowest BCUT2D eigenvalue weighted by Gasteiger charge is -2.04. The van der Waals surface area contributed by atoms with Gasteiger partial charge in [0, 0.05) is 22.0 Å². The van der Waals surface area contributed by atoms with Crippen LogP contribution in [0.5, 0.6) is 0 Å². The minimum atomic E-state index is -0.615. The first kappa shape index (κ1) is 11.5. The molecule has 0 atom stereocenters. The number of halogens is 3. The Bertz CT molecular complexity index is 719. The van der Waals surface area contributed by atoms with E-state index in [4.69, 9.17) is 0 Å². The molecule has 0 amide bonds. The summed E-state index contributed by atoms with van der Waals surface area (Å²) in [6, 6.07) is 3.37. The molecule has 0 spiro atoms. The highest BCUT2D eigenvalue weighted by molar-refractivity contribution is 14.1. The molecule has 6 heteroatoms. The first-order chi connectivity index (χ1) is 8.65. The van der Waals surface area contributed by atoms with Crippen molar-refractivity contribution in [1.82, 2.24) is 14.5 Å². The number of fused-ring (bicyclic) bond motifs is 1. The fourth-order valence-corrected chi connectivity index (χ4v) is 2.46. The Kier molecular flexibility index (Phi) is 2.73. The molecule has 3 aromatic rings. The second kappa shape index (κ2) is 4.27. The fourth-order valence-electron chi connectivity index (χ4n) is 1.80. The third-order valence-corrected chi connectivity index (χ3v) is 3.40. The summed E-state index contributed by atoms with van der Waals surface area (Å²) < 4.78 is 29.0. The molecule has 1 aromatic carbocycles. The van der Waals surface area contributed by atoms with Gasteiger partial charge in [-0.25, -0.2) is 18.7 Å². The van der Waals surface area contributed by atoms with Gasteiger partial charge in [-0.05, 0) is 34.7 Å². The van der Waals surface area contributed by atoms with Gasteiger partial charge in [-0.2, -0.15) is 0 Å². The summed E-state index contributed by atoms with van der Waals surface area (Å²) in [5, 5.41) is 0.850. The summed E-state index contributed by atoms with van der Waals surface area (Å²) in [7, 11) is 0. The van der Waals surface area contributed by atoms with Crippen LogP contribution < -0.4 is 0 Å². The Morgan fingerprint density at radius 2 is 1.83 bits per heavy atom. The Morgan fingerprint density at radius 1 is 1.11 bits per heavy atom. The maximum atomic E-state index is 13.2. The monoisotopic (exact) mass is 357 g/mol. The van der Waals surface area contributed by atoms with Gasteiger partial charge < -0.3 is 0 Å². The van der Waals surface area contributed by atoms with Gasteiger partial charge in [0.15, 0.2) is 0 Å². The van der Waals surface area contributed by atoms with Crippen molar-refractivity contribution in [2.75, 3.05) is 0 Å². The molecule has 18 heavy (non-hydrogen) atoms. The number of nitrogens with zero attached hydrogens (tertiary/aromatic N) is 3. The largest absolute Gasteiger partial charge is 0.300 e. The van der Waals surface area contributed by atoms with Gasteiger partial charge in [0.1, 0.15) is 23.6 Å². The Morgan fingerprint density at radius 3 is 2.56 bits per heavy atom. The average Bonchev–Trinajstić information content (AvgIpc) is 2.66. The van der Waals surface area contributed by atoms with Crippen LogP contribution in [0.3, 0.4) is 0 Å². The van der Waals surface area contributed by atoms with Crippen molar-refractivity contribution < 1.29 is 8.78 Å². The molecule has 0 saturated carbocycles. The predicted molar refractivity (Wildman–Crippen MR) is 71.5 cm³/mol. The molecule has 0 bridgehead atoms. The minimum absolute atomic E-state index is 0.402. The van der Waals surface area contributed by atoms with Crippen LogP contribution in [-0.4, -0.2) is 14.5 Å². The van der Waals surface area contributed by atoms with Gasteiger partial charge in [0.25, 0.3) is 0 Å². The van der Waals surface area contributed by atoms with Crippen molar-refractivity contribution in [1.29, 1.82) is 0 Å². The van der Waals surface area contributed by atoms with Crippen molar-refractivity contribution >= 4 is 33.6 Å². The summed E-state index contributed by atoms with van der Waals surface area (Å²) in [6.07, 6.45) is 4.86. The number of benzene rings is 1. The second-order valence-electron chi connectivity index (χ2n) is 3.73. The number of hydrogen-bond acceptors (Lipinski definition) is 2. The topological polar surface area (TPSA) is 30.7 Å². The SMILES string of the molecule is Fc1cc(F)cc(-n2cc(I)c3cncnc32)c1. The van der Waals surface area contributed by atoms with Gasteiger partial charge in [-0.1, -0.05) is 0 Å². The smallest absolute Gasteiger partial charge is 0.148 e. The van der Waals surface area contributed by atoms with E-state index in [1.165, 1.54) is 18.5 Å². The number of hydrogen-bond donors (Lipinski definition) is 0. The highest BCUT2D eigenvalue weighted by atomic mass is 127. The molecule has 90 valence electrons. The molecule has 0 aliphatic carbocycles. The van der Waals surface area contributed by atoms with Crippen LogP contribution in [0.1, 0.15) is 0 Å². The lowest BCUT2D eigenvalue weighted by molar-refractivity contribution is 0.582. The van der Waals surface area contributed by atoms with Gasteiger partial charge in [0.2, 0.25) is 0 Å². The second-order valence-corrected chi connectivity index (χ2v) is 4.90. The van der Waals surface area contributed by atoms with Crippen LogP contribution in [0.15, 0.2) is 36.9 Å². The zero-order valence-electron chi connectivity index (χ0n) is 8.94. The highest BCUT2D eigenvalue weighted by Gasteiger charge is 2.10. The van der Waals surface area contributed by atoms with Crippen LogP contribution >= 0.6 is 22.6 Å². The minimum Gasteiger partial charge on any atom is -0.300 e. The van der Waals surface area contributed by atoms with Crippen LogP contribution in [0, 0.1) is 15.2 Å². The maximum absolute atomic E-state index is 13.2. The fraction of sp³-hybridized carbons (Fsp3) is 0. The predicted octanol–water partition coefficient (Wildman–Crippen LogP) is 3.30. The standard InChI is InChI=1S/C12H6F2IN3/c13-7-1-8(14)3-9(2-7)18-5-11(15)10-4-16-6-17-12(10)18/h1-6H. The molecule has 3 rings (SSSR count). The molecule has 0 radical (unpaired) electrons. The Balaban J connectivity index is 2.31. The Hall–Kier alpha value is -1.57. The lowest BCUT2D eigenvalue weighted by atomic mass is 10.3. The van der Waals surface area contributed by atoms with Crippen LogP contribution in [0.4, 0.5) is 8.78 Å². The molecule has 0 unspecified atom stereocenters. The maximum Gasteiger partial charge on any atom is 0.148 e. The third kappa shape index (κ3) is 1.86.